The maximum Gasteiger partial charge on any atom is 0.227 e. The number of carbonyl (C=O) groups is 1. The molecule has 3 aromatic heterocycles. The molecule has 7 heteroatoms. The fourth-order valence-electron chi connectivity index (χ4n) is 2.16. The molecular weight excluding hydrogens is 314 g/mol. The van der Waals surface area contributed by atoms with E-state index >= 15 is 0 Å². The highest BCUT2D eigenvalue weighted by molar-refractivity contribution is 7.08. The molecule has 3 heterocycles. The molecule has 1 amide bonds. The van der Waals surface area contributed by atoms with Gasteiger partial charge in [0, 0.05) is 23.8 Å². The van der Waals surface area contributed by atoms with Crippen LogP contribution in [0.15, 0.2) is 37.9 Å². The average Bonchev–Trinajstić information content (AvgIpc) is 3.26. The summed E-state index contributed by atoms with van der Waals surface area (Å²) >= 11 is 1.57. The molecule has 0 aromatic carbocycles. The van der Waals surface area contributed by atoms with Crippen LogP contribution in [0.3, 0.4) is 0 Å². The molecule has 1 N–H and O–H groups in total. The fourth-order valence-corrected chi connectivity index (χ4v) is 2.79. The van der Waals surface area contributed by atoms with E-state index in [1.165, 1.54) is 0 Å². The first kappa shape index (κ1) is 15.5. The zero-order valence-corrected chi connectivity index (χ0v) is 13.7. The molecule has 0 saturated heterocycles. The van der Waals surface area contributed by atoms with Crippen LogP contribution in [-0.4, -0.2) is 16.0 Å². The molecule has 120 valence electrons. The molecule has 0 fully saturated rings. The lowest BCUT2D eigenvalue weighted by Gasteiger charge is -2.10. The Kier molecular flexibility index (Phi) is 4.57. The van der Waals surface area contributed by atoms with E-state index in [0.29, 0.717) is 18.1 Å². The number of thiophene rings is 1. The third-order valence-corrected chi connectivity index (χ3v) is 4.06. The Hall–Kier alpha value is -2.41. The Morgan fingerprint density at radius 1 is 1.39 bits per heavy atom. The van der Waals surface area contributed by atoms with Crippen molar-refractivity contribution in [1.82, 2.24) is 15.5 Å². The number of hydrogen-bond acceptors (Lipinski definition) is 6. The number of nitrogens with zero attached hydrogens (tertiary/aromatic N) is 2. The number of rotatable bonds is 6. The normalized spacial score (nSPS) is 12.3. The summed E-state index contributed by atoms with van der Waals surface area (Å²) in [6, 6.07) is 5.51. The van der Waals surface area contributed by atoms with Gasteiger partial charge in [0.1, 0.15) is 11.5 Å². The van der Waals surface area contributed by atoms with Gasteiger partial charge >= 0.3 is 0 Å². The van der Waals surface area contributed by atoms with E-state index in [1.807, 2.05) is 42.8 Å². The lowest BCUT2D eigenvalue weighted by molar-refractivity contribution is -0.121. The highest BCUT2D eigenvalue weighted by atomic mass is 32.1. The first-order valence-corrected chi connectivity index (χ1v) is 8.27. The molecule has 3 rings (SSSR count). The van der Waals surface area contributed by atoms with Crippen LogP contribution in [0.4, 0.5) is 0 Å². The molecule has 3 aromatic rings. The van der Waals surface area contributed by atoms with Crippen LogP contribution in [0.5, 0.6) is 0 Å². The van der Waals surface area contributed by atoms with Gasteiger partial charge < -0.3 is 14.3 Å². The number of aromatic nitrogens is 2. The molecule has 1 atom stereocenters. The molecule has 1 unspecified atom stereocenters. The standard InChI is InChI=1S/C16H17N3O3S/c1-10-3-4-13(21-10)11(2)17-14(20)5-6-15-18-16(19-22-15)12-7-8-23-9-12/h3-4,7-9,11H,5-6H2,1-2H3,(H,17,20). The van der Waals surface area contributed by atoms with E-state index in [9.17, 15) is 4.79 Å². The van der Waals surface area contributed by atoms with Crippen LogP contribution in [0.2, 0.25) is 0 Å². The molecule has 0 aliphatic carbocycles. The highest BCUT2D eigenvalue weighted by Crippen LogP contribution is 2.19. The van der Waals surface area contributed by atoms with E-state index in [4.69, 9.17) is 8.94 Å². The van der Waals surface area contributed by atoms with Crippen molar-refractivity contribution in [1.29, 1.82) is 0 Å². The predicted octanol–water partition coefficient (Wildman–Crippen LogP) is 3.51. The van der Waals surface area contributed by atoms with Crippen molar-refractivity contribution in [3.05, 3.63) is 46.4 Å². The quantitative estimate of drug-likeness (QED) is 0.747. The van der Waals surface area contributed by atoms with Gasteiger partial charge in [0.25, 0.3) is 0 Å². The largest absolute Gasteiger partial charge is 0.464 e. The minimum atomic E-state index is -0.166. The van der Waals surface area contributed by atoms with Gasteiger partial charge in [0.15, 0.2) is 0 Å². The third kappa shape index (κ3) is 3.87. The van der Waals surface area contributed by atoms with Crippen molar-refractivity contribution < 1.29 is 13.7 Å². The summed E-state index contributed by atoms with van der Waals surface area (Å²) in [4.78, 5) is 16.3. The molecule has 23 heavy (non-hydrogen) atoms. The van der Waals surface area contributed by atoms with Crippen molar-refractivity contribution in [3.8, 4) is 11.4 Å². The van der Waals surface area contributed by atoms with Crippen molar-refractivity contribution in [2.45, 2.75) is 32.7 Å². The summed E-state index contributed by atoms with van der Waals surface area (Å²) in [5, 5.41) is 10.7. The summed E-state index contributed by atoms with van der Waals surface area (Å²) in [6.45, 7) is 3.76. The van der Waals surface area contributed by atoms with Crippen molar-refractivity contribution in [2.75, 3.05) is 0 Å². The van der Waals surface area contributed by atoms with E-state index in [0.717, 1.165) is 17.1 Å². The molecule has 0 saturated carbocycles. The average molecular weight is 331 g/mol. The second-order valence-corrected chi connectivity index (χ2v) is 6.04. The lowest BCUT2D eigenvalue weighted by atomic mass is 10.2. The topological polar surface area (TPSA) is 81.2 Å². The minimum absolute atomic E-state index is 0.0816. The summed E-state index contributed by atoms with van der Waals surface area (Å²) in [5.41, 5.74) is 0.927. The third-order valence-electron chi connectivity index (χ3n) is 3.38. The molecule has 0 bridgehead atoms. The Bertz CT molecular complexity index is 776. The Balaban J connectivity index is 1.51. The smallest absolute Gasteiger partial charge is 0.227 e. The molecule has 6 nitrogen and oxygen atoms in total. The number of furan rings is 1. The summed E-state index contributed by atoms with van der Waals surface area (Å²) in [5.74, 6) is 2.51. The first-order chi connectivity index (χ1) is 11.1. The van der Waals surface area contributed by atoms with Crippen LogP contribution in [0, 0.1) is 6.92 Å². The molecule has 0 aliphatic rings. The Labute approximate surface area is 137 Å². The Morgan fingerprint density at radius 3 is 2.96 bits per heavy atom. The van der Waals surface area contributed by atoms with Crippen LogP contribution >= 0.6 is 11.3 Å². The SMILES string of the molecule is Cc1ccc(C(C)NC(=O)CCc2nc(-c3ccsc3)no2)o1. The monoisotopic (exact) mass is 331 g/mol. The van der Waals surface area contributed by atoms with Gasteiger partial charge in [-0.15, -0.1) is 0 Å². The van der Waals surface area contributed by atoms with E-state index in [1.54, 1.807) is 11.3 Å². The maximum absolute atomic E-state index is 12.0. The lowest BCUT2D eigenvalue weighted by Crippen LogP contribution is -2.26. The zero-order valence-electron chi connectivity index (χ0n) is 12.9. The van der Waals surface area contributed by atoms with Gasteiger partial charge in [-0.25, -0.2) is 0 Å². The van der Waals surface area contributed by atoms with Gasteiger partial charge in [0.05, 0.1) is 6.04 Å². The highest BCUT2D eigenvalue weighted by Gasteiger charge is 2.14. The van der Waals surface area contributed by atoms with Crippen molar-refractivity contribution >= 4 is 17.2 Å². The number of aryl methyl sites for hydroxylation is 2. The predicted molar refractivity (Wildman–Crippen MR) is 85.9 cm³/mol. The molecule has 0 spiro atoms. The minimum Gasteiger partial charge on any atom is -0.464 e. The number of carbonyl (C=O) groups excluding carboxylic acids is 1. The van der Waals surface area contributed by atoms with Gasteiger partial charge in [-0.2, -0.15) is 16.3 Å². The fraction of sp³-hybridized carbons (Fsp3) is 0.312. The number of hydrogen-bond donors (Lipinski definition) is 1. The maximum atomic E-state index is 12.0. The van der Waals surface area contributed by atoms with Gasteiger partial charge in [0.2, 0.25) is 17.6 Å². The van der Waals surface area contributed by atoms with Gasteiger partial charge in [-0.3, -0.25) is 4.79 Å². The van der Waals surface area contributed by atoms with E-state index in [-0.39, 0.29) is 18.4 Å². The van der Waals surface area contributed by atoms with Gasteiger partial charge in [-0.05, 0) is 37.4 Å². The number of amides is 1. The zero-order chi connectivity index (χ0) is 16.2. The van der Waals surface area contributed by atoms with E-state index in [2.05, 4.69) is 15.5 Å². The van der Waals surface area contributed by atoms with Crippen molar-refractivity contribution in [2.24, 2.45) is 0 Å². The van der Waals surface area contributed by atoms with Gasteiger partial charge in [-0.1, -0.05) is 5.16 Å². The first-order valence-electron chi connectivity index (χ1n) is 7.32. The number of nitrogens with one attached hydrogen (secondary N) is 1. The van der Waals surface area contributed by atoms with E-state index < -0.39 is 0 Å². The van der Waals surface area contributed by atoms with Crippen LogP contribution < -0.4 is 5.32 Å². The second kappa shape index (κ2) is 6.78. The van der Waals surface area contributed by atoms with Crippen LogP contribution in [0.25, 0.3) is 11.4 Å². The van der Waals surface area contributed by atoms with Crippen LogP contribution in [0.1, 0.15) is 36.8 Å². The second-order valence-electron chi connectivity index (χ2n) is 5.26. The molecule has 0 aliphatic heterocycles. The summed E-state index contributed by atoms with van der Waals surface area (Å²) in [6.07, 6.45) is 0.697. The Morgan fingerprint density at radius 2 is 2.26 bits per heavy atom. The molecular formula is C16H17N3O3S. The summed E-state index contributed by atoms with van der Waals surface area (Å²) in [7, 11) is 0. The van der Waals surface area contributed by atoms with Crippen LogP contribution in [-0.2, 0) is 11.2 Å². The molecule has 0 radical (unpaired) electrons. The summed E-state index contributed by atoms with van der Waals surface area (Å²) < 4.78 is 10.7. The van der Waals surface area contributed by atoms with Crippen molar-refractivity contribution in [3.63, 3.8) is 0 Å².